The molecule has 0 N–H and O–H groups in total. The largest absolute Gasteiger partial charge is 0.456 e. The first-order chi connectivity index (χ1) is 27.2. The van der Waals surface area contributed by atoms with E-state index in [-0.39, 0.29) is 0 Å². The van der Waals surface area contributed by atoms with E-state index in [0.29, 0.717) is 17.5 Å². The number of para-hydroxylation sites is 1. The van der Waals surface area contributed by atoms with Gasteiger partial charge in [0.25, 0.3) is 0 Å². The normalized spacial score (nSPS) is 12.9. The highest BCUT2D eigenvalue weighted by atomic mass is 32.1. The van der Waals surface area contributed by atoms with E-state index in [4.69, 9.17) is 19.4 Å². The Balaban J connectivity index is 1.22. The third kappa shape index (κ3) is 4.78. The fraction of sp³-hybridized carbons (Fsp3) is 0.0408. The quantitative estimate of drug-likeness (QED) is 0.180. The van der Waals surface area contributed by atoms with E-state index in [0.717, 1.165) is 68.0 Å². The van der Waals surface area contributed by atoms with E-state index in [1.165, 1.54) is 46.1 Å². The Morgan fingerprint density at radius 3 is 2.16 bits per heavy atom. The molecule has 0 saturated carbocycles. The van der Waals surface area contributed by atoms with E-state index in [1.54, 1.807) is 0 Å². The van der Waals surface area contributed by atoms with Gasteiger partial charge >= 0.3 is 0 Å². The number of benzene rings is 7. The summed E-state index contributed by atoms with van der Waals surface area (Å²) >= 11 is 3.68. The van der Waals surface area contributed by atoms with Gasteiger partial charge in [0.1, 0.15) is 11.2 Å². The summed E-state index contributed by atoms with van der Waals surface area (Å²) < 4.78 is 10.3. The third-order valence-corrected chi connectivity index (χ3v) is 13.3. The first-order valence-corrected chi connectivity index (χ1v) is 20.2. The second kappa shape index (κ2) is 12.0. The van der Waals surface area contributed by atoms with Crippen LogP contribution >= 0.6 is 22.7 Å². The Morgan fingerprint density at radius 2 is 1.24 bits per heavy atom. The van der Waals surface area contributed by atoms with Crippen molar-refractivity contribution in [1.29, 1.82) is 0 Å². The average molecular weight is 740 g/mol. The molecule has 0 spiro atoms. The molecule has 1 aliphatic rings. The molecule has 0 amide bonds. The summed E-state index contributed by atoms with van der Waals surface area (Å²) in [6, 6.07) is 49.4. The van der Waals surface area contributed by atoms with Crippen LogP contribution in [0.2, 0.25) is 0 Å². The molecule has 0 bridgehead atoms. The summed E-state index contributed by atoms with van der Waals surface area (Å²) in [6.45, 7) is 0. The maximum Gasteiger partial charge on any atom is 0.165 e. The van der Waals surface area contributed by atoms with Crippen molar-refractivity contribution in [1.82, 2.24) is 15.0 Å². The van der Waals surface area contributed by atoms with Gasteiger partial charge in [0.2, 0.25) is 0 Å². The molecule has 6 heteroatoms. The van der Waals surface area contributed by atoms with Crippen molar-refractivity contribution in [2.24, 2.45) is 0 Å². The molecule has 4 aromatic heterocycles. The number of thiophene rings is 2. The molecule has 11 aromatic rings. The van der Waals surface area contributed by atoms with Crippen molar-refractivity contribution in [3.05, 3.63) is 156 Å². The molecule has 7 aromatic carbocycles. The number of rotatable bonds is 4. The molecule has 258 valence electrons. The smallest absolute Gasteiger partial charge is 0.165 e. The SMILES string of the molecule is C1=Cc2sc3cccc(-c4nc(-c5ccc6ccccc6c5)nc(-c5c(-c6cccc7sc8ccccc8c67)ccc6oc7ccccc7c56)n4)c3c2CC1. The fourth-order valence-electron chi connectivity index (χ4n) is 8.56. The Labute approximate surface area is 323 Å². The minimum Gasteiger partial charge on any atom is -0.456 e. The minimum atomic E-state index is 0.623. The van der Waals surface area contributed by atoms with Crippen LogP contribution in [0.25, 0.3) is 114 Å². The minimum absolute atomic E-state index is 0.623. The van der Waals surface area contributed by atoms with E-state index in [1.807, 2.05) is 34.8 Å². The van der Waals surface area contributed by atoms with Gasteiger partial charge in [0.05, 0.1) is 0 Å². The van der Waals surface area contributed by atoms with Gasteiger partial charge in [0.15, 0.2) is 17.5 Å². The molecule has 0 saturated heterocycles. The van der Waals surface area contributed by atoms with Gasteiger partial charge in [-0.05, 0) is 88.8 Å². The molecule has 0 atom stereocenters. The van der Waals surface area contributed by atoms with Gasteiger partial charge in [-0.2, -0.15) is 0 Å². The second-order valence-corrected chi connectivity index (χ2v) is 16.3. The van der Waals surface area contributed by atoms with Gasteiger partial charge in [-0.15, -0.1) is 22.7 Å². The lowest BCUT2D eigenvalue weighted by Crippen LogP contribution is -2.02. The molecule has 1 aliphatic carbocycles. The van der Waals surface area contributed by atoms with Crippen LogP contribution in [0.4, 0.5) is 0 Å². The highest BCUT2D eigenvalue weighted by molar-refractivity contribution is 7.26. The molecule has 0 aliphatic heterocycles. The molecule has 0 radical (unpaired) electrons. The first-order valence-electron chi connectivity index (χ1n) is 18.6. The molecule has 55 heavy (non-hydrogen) atoms. The monoisotopic (exact) mass is 739 g/mol. The number of hydrogen-bond donors (Lipinski definition) is 0. The molecular formula is C49H29N3OS2. The zero-order valence-electron chi connectivity index (χ0n) is 29.4. The van der Waals surface area contributed by atoms with E-state index < -0.39 is 0 Å². The van der Waals surface area contributed by atoms with Crippen LogP contribution in [0.15, 0.2) is 150 Å². The summed E-state index contributed by atoms with van der Waals surface area (Å²) in [4.78, 5) is 17.6. The van der Waals surface area contributed by atoms with Crippen LogP contribution < -0.4 is 0 Å². The number of allylic oxidation sites excluding steroid dienone is 1. The molecular weight excluding hydrogens is 711 g/mol. The van der Waals surface area contributed by atoms with Gasteiger partial charge in [-0.3, -0.25) is 0 Å². The number of aryl methyl sites for hydroxylation is 1. The predicted octanol–water partition coefficient (Wildman–Crippen LogP) is 14.1. The van der Waals surface area contributed by atoms with Crippen molar-refractivity contribution in [3.8, 4) is 45.3 Å². The Kier molecular flexibility index (Phi) is 6.76. The molecule has 4 heterocycles. The van der Waals surface area contributed by atoms with Gasteiger partial charge < -0.3 is 4.42 Å². The molecule has 0 fully saturated rings. The number of furan rings is 1. The van der Waals surface area contributed by atoms with Crippen LogP contribution in [0.3, 0.4) is 0 Å². The van der Waals surface area contributed by atoms with Crippen LogP contribution in [-0.4, -0.2) is 15.0 Å². The predicted molar refractivity (Wildman–Crippen MR) is 232 cm³/mol. The van der Waals surface area contributed by atoms with Crippen LogP contribution in [0.5, 0.6) is 0 Å². The third-order valence-electron chi connectivity index (χ3n) is 11.0. The summed E-state index contributed by atoms with van der Waals surface area (Å²) in [7, 11) is 0. The van der Waals surface area contributed by atoms with E-state index in [9.17, 15) is 0 Å². The molecule has 4 nitrogen and oxygen atoms in total. The maximum absolute atomic E-state index is 6.56. The first kappa shape index (κ1) is 30.9. The summed E-state index contributed by atoms with van der Waals surface area (Å²) in [5, 5.41) is 8.09. The number of hydrogen-bond acceptors (Lipinski definition) is 6. The van der Waals surface area contributed by atoms with Crippen LogP contribution in [0, 0.1) is 0 Å². The Hall–Kier alpha value is -6.47. The Bertz CT molecular complexity index is 3400. The molecule has 0 unspecified atom stereocenters. The van der Waals surface area contributed by atoms with Crippen molar-refractivity contribution in [2.45, 2.75) is 12.8 Å². The highest BCUT2D eigenvalue weighted by Crippen LogP contribution is 2.47. The second-order valence-electron chi connectivity index (χ2n) is 14.2. The average Bonchev–Trinajstić information content (AvgIpc) is 3.94. The summed E-state index contributed by atoms with van der Waals surface area (Å²) in [5.74, 6) is 1.93. The maximum atomic E-state index is 6.56. The van der Waals surface area contributed by atoms with Crippen molar-refractivity contribution >= 4 is 91.7 Å². The van der Waals surface area contributed by atoms with Gasteiger partial charge in [-0.25, -0.2) is 15.0 Å². The summed E-state index contributed by atoms with van der Waals surface area (Å²) in [5.41, 5.74) is 8.15. The highest BCUT2D eigenvalue weighted by Gasteiger charge is 2.25. The van der Waals surface area contributed by atoms with Crippen molar-refractivity contribution < 1.29 is 4.42 Å². The number of nitrogens with zero attached hydrogens (tertiary/aromatic N) is 3. The summed E-state index contributed by atoms with van der Waals surface area (Å²) in [6.07, 6.45) is 6.59. The number of aromatic nitrogens is 3. The van der Waals surface area contributed by atoms with Crippen LogP contribution in [-0.2, 0) is 6.42 Å². The lowest BCUT2D eigenvalue weighted by Gasteiger charge is -2.15. The number of fused-ring (bicyclic) bond motifs is 10. The standard InChI is InChI=1S/C49H29N3OS2/c1-2-12-29-27-30(24-23-28(29)11-1)47-50-48(36-17-10-22-42-44(36)35-15-5-8-20-40(35)55-42)52-49(51-47)46-32(25-26-38-45(46)33-13-3-6-18-37(33)53-38)31-16-9-21-41-43(31)34-14-4-7-19-39(34)54-41/h1-4,6-14,16-27H,5,15H2. The van der Waals surface area contributed by atoms with Crippen molar-refractivity contribution in [2.75, 3.05) is 0 Å². The zero-order chi connectivity index (χ0) is 36.0. The topological polar surface area (TPSA) is 51.8 Å². The zero-order valence-corrected chi connectivity index (χ0v) is 31.0. The van der Waals surface area contributed by atoms with E-state index in [2.05, 4.69) is 140 Å². The fourth-order valence-corrected chi connectivity index (χ4v) is 10.9. The van der Waals surface area contributed by atoms with Crippen molar-refractivity contribution in [3.63, 3.8) is 0 Å². The lowest BCUT2D eigenvalue weighted by atomic mass is 9.92. The van der Waals surface area contributed by atoms with Gasteiger partial charge in [0, 0.05) is 62.6 Å². The lowest BCUT2D eigenvalue weighted by molar-refractivity contribution is 0.669. The van der Waals surface area contributed by atoms with Crippen LogP contribution in [0.1, 0.15) is 16.9 Å². The Morgan fingerprint density at radius 1 is 0.491 bits per heavy atom. The van der Waals surface area contributed by atoms with E-state index >= 15 is 0 Å². The van der Waals surface area contributed by atoms with Gasteiger partial charge in [-0.1, -0.05) is 103 Å². The molecule has 12 rings (SSSR count).